The van der Waals surface area contributed by atoms with E-state index < -0.39 is 0 Å². The van der Waals surface area contributed by atoms with Crippen molar-refractivity contribution in [2.45, 2.75) is 25.7 Å². The van der Waals surface area contributed by atoms with Gasteiger partial charge in [0.1, 0.15) is 5.70 Å². The van der Waals surface area contributed by atoms with Crippen molar-refractivity contribution in [3.8, 4) is 0 Å². The summed E-state index contributed by atoms with van der Waals surface area (Å²) in [6, 6.07) is 4.08. The Bertz CT molecular complexity index is 644. The molecule has 0 aliphatic heterocycles. The summed E-state index contributed by atoms with van der Waals surface area (Å²) in [5.74, 6) is 0.677. The predicted molar refractivity (Wildman–Crippen MR) is 82.1 cm³/mol. The maximum Gasteiger partial charge on any atom is 0.101 e. The van der Waals surface area contributed by atoms with E-state index in [-0.39, 0.29) is 0 Å². The zero-order valence-electron chi connectivity index (χ0n) is 11.7. The van der Waals surface area contributed by atoms with Gasteiger partial charge in [0.05, 0.1) is 15.1 Å². The molecule has 0 radical (unpaired) electrons. The molecule has 2 aromatic heterocycles. The second-order valence-corrected chi connectivity index (χ2v) is 6.12. The summed E-state index contributed by atoms with van der Waals surface area (Å²) in [6.07, 6.45) is 6.10. The lowest BCUT2D eigenvalue weighted by Gasteiger charge is -2.10. The van der Waals surface area contributed by atoms with Gasteiger partial charge in [-0.25, -0.2) is 5.12 Å². The minimum atomic E-state index is 0.552. The van der Waals surface area contributed by atoms with Gasteiger partial charge in [0.2, 0.25) is 0 Å². The monoisotopic (exact) mass is 291 g/mol. The van der Waals surface area contributed by atoms with Gasteiger partial charge in [-0.3, -0.25) is 4.98 Å². The van der Waals surface area contributed by atoms with Crippen LogP contribution in [0.2, 0.25) is 0 Å². The van der Waals surface area contributed by atoms with E-state index in [2.05, 4.69) is 16.4 Å². The van der Waals surface area contributed by atoms with Crippen LogP contribution in [0.1, 0.15) is 36.1 Å². The van der Waals surface area contributed by atoms with E-state index in [0.717, 1.165) is 16.9 Å². The lowest BCUT2D eigenvalue weighted by molar-refractivity contribution is 0.145. The van der Waals surface area contributed by atoms with Crippen LogP contribution in [-0.4, -0.2) is 23.7 Å². The Kier molecular flexibility index (Phi) is 3.61. The molecule has 0 bridgehead atoms. The maximum absolute atomic E-state index is 13.7. The third-order valence-corrected chi connectivity index (χ3v) is 4.68. The first-order valence-corrected chi connectivity index (χ1v) is 7.74. The molecule has 3 rings (SSSR count). The third kappa shape index (κ3) is 2.50. The SMILES string of the molecule is CCN/C=C(/c1cc2nccc(C3CC3)c2s1)N(C)F. The number of thiophene rings is 1. The molecule has 1 N–H and O–H groups in total. The van der Waals surface area contributed by atoms with E-state index in [1.807, 2.05) is 19.2 Å². The van der Waals surface area contributed by atoms with Crippen molar-refractivity contribution in [3.63, 3.8) is 0 Å². The Labute approximate surface area is 122 Å². The van der Waals surface area contributed by atoms with Crippen LogP contribution in [-0.2, 0) is 0 Å². The zero-order valence-corrected chi connectivity index (χ0v) is 12.5. The summed E-state index contributed by atoms with van der Waals surface area (Å²) in [7, 11) is 1.42. The van der Waals surface area contributed by atoms with Crippen molar-refractivity contribution in [1.82, 2.24) is 15.4 Å². The number of hydrogen-bond acceptors (Lipinski definition) is 4. The molecule has 0 atom stereocenters. The first-order chi connectivity index (χ1) is 9.70. The van der Waals surface area contributed by atoms with Gasteiger partial charge in [-0.1, -0.05) is 0 Å². The molecule has 2 heterocycles. The summed E-state index contributed by atoms with van der Waals surface area (Å²) in [6.45, 7) is 2.76. The van der Waals surface area contributed by atoms with E-state index in [1.54, 1.807) is 17.5 Å². The average Bonchev–Trinajstić information content (AvgIpc) is 3.17. The number of hydrogen-bond donors (Lipinski definition) is 1. The lowest BCUT2D eigenvalue weighted by Crippen LogP contribution is -2.10. The van der Waals surface area contributed by atoms with Gasteiger partial charge in [0.25, 0.3) is 0 Å². The quantitative estimate of drug-likeness (QED) is 0.847. The molecule has 0 saturated heterocycles. The Morgan fingerprint density at radius 2 is 2.40 bits per heavy atom. The molecule has 2 aromatic rings. The predicted octanol–water partition coefficient (Wildman–Crippen LogP) is 3.90. The normalized spacial score (nSPS) is 15.7. The molecule has 0 spiro atoms. The van der Waals surface area contributed by atoms with Gasteiger partial charge in [0, 0.05) is 26.0 Å². The Morgan fingerprint density at radius 3 is 3.05 bits per heavy atom. The summed E-state index contributed by atoms with van der Waals surface area (Å²) >= 11 is 1.63. The lowest BCUT2D eigenvalue weighted by atomic mass is 10.1. The van der Waals surface area contributed by atoms with Crippen molar-refractivity contribution in [2.75, 3.05) is 13.6 Å². The molecule has 1 aliphatic carbocycles. The summed E-state index contributed by atoms with van der Waals surface area (Å²) in [5, 5.41) is 3.72. The Balaban J connectivity index is 2.05. The van der Waals surface area contributed by atoms with Crippen molar-refractivity contribution in [3.05, 3.63) is 35.0 Å². The maximum atomic E-state index is 13.7. The molecule has 0 unspecified atom stereocenters. The highest BCUT2D eigenvalue weighted by Gasteiger charge is 2.26. The van der Waals surface area contributed by atoms with Gasteiger partial charge in [-0.05, 0) is 43.4 Å². The van der Waals surface area contributed by atoms with Crippen LogP contribution in [0.15, 0.2) is 24.5 Å². The molecule has 106 valence electrons. The van der Waals surface area contributed by atoms with Crippen molar-refractivity contribution in [2.24, 2.45) is 0 Å². The van der Waals surface area contributed by atoms with Crippen LogP contribution < -0.4 is 5.32 Å². The molecule has 0 aromatic carbocycles. The van der Waals surface area contributed by atoms with E-state index in [1.165, 1.54) is 30.2 Å². The summed E-state index contributed by atoms with van der Waals surface area (Å²) in [5.41, 5.74) is 2.89. The third-order valence-electron chi connectivity index (χ3n) is 3.49. The van der Waals surface area contributed by atoms with E-state index in [4.69, 9.17) is 0 Å². The van der Waals surface area contributed by atoms with Gasteiger partial charge >= 0.3 is 0 Å². The number of nitrogens with one attached hydrogen (secondary N) is 1. The molecule has 5 heteroatoms. The van der Waals surface area contributed by atoms with E-state index >= 15 is 0 Å². The number of fused-ring (bicyclic) bond motifs is 1. The molecular formula is C15H18FN3S. The topological polar surface area (TPSA) is 28.2 Å². The van der Waals surface area contributed by atoms with Crippen molar-refractivity contribution >= 4 is 27.3 Å². The van der Waals surface area contributed by atoms with Gasteiger partial charge in [0.15, 0.2) is 0 Å². The van der Waals surface area contributed by atoms with Gasteiger partial charge in [-0.2, -0.15) is 0 Å². The highest BCUT2D eigenvalue weighted by Crippen LogP contribution is 2.45. The van der Waals surface area contributed by atoms with Gasteiger partial charge < -0.3 is 5.32 Å². The smallest absolute Gasteiger partial charge is 0.101 e. The minimum absolute atomic E-state index is 0.552. The number of pyridine rings is 1. The van der Waals surface area contributed by atoms with Crippen LogP contribution in [0.5, 0.6) is 0 Å². The average molecular weight is 291 g/mol. The van der Waals surface area contributed by atoms with E-state index in [9.17, 15) is 4.48 Å². The van der Waals surface area contributed by atoms with Crippen LogP contribution in [0.25, 0.3) is 15.9 Å². The summed E-state index contributed by atoms with van der Waals surface area (Å²) in [4.78, 5) is 5.33. The van der Waals surface area contributed by atoms with Crippen LogP contribution in [0.4, 0.5) is 4.48 Å². The first kappa shape index (κ1) is 13.4. The van der Waals surface area contributed by atoms with Crippen LogP contribution >= 0.6 is 11.3 Å². The highest BCUT2D eigenvalue weighted by atomic mass is 32.1. The second kappa shape index (κ2) is 5.40. The van der Waals surface area contributed by atoms with Gasteiger partial charge in [-0.15, -0.1) is 15.8 Å². The molecule has 1 fully saturated rings. The molecule has 3 nitrogen and oxygen atoms in total. The number of aromatic nitrogens is 1. The minimum Gasteiger partial charge on any atom is -0.389 e. The molecule has 1 aliphatic rings. The fourth-order valence-corrected chi connectivity index (χ4v) is 3.56. The Hall–Kier alpha value is -1.62. The molecule has 20 heavy (non-hydrogen) atoms. The number of rotatable bonds is 5. The molecule has 1 saturated carbocycles. The second-order valence-electron chi connectivity index (χ2n) is 5.06. The number of halogens is 1. The van der Waals surface area contributed by atoms with E-state index in [0.29, 0.717) is 16.7 Å². The Morgan fingerprint density at radius 1 is 1.60 bits per heavy atom. The molecular weight excluding hydrogens is 273 g/mol. The zero-order chi connectivity index (χ0) is 14.1. The summed E-state index contributed by atoms with van der Waals surface area (Å²) < 4.78 is 14.9. The van der Waals surface area contributed by atoms with Crippen molar-refractivity contribution < 1.29 is 4.48 Å². The number of nitrogens with zero attached hydrogens (tertiary/aromatic N) is 2. The van der Waals surface area contributed by atoms with Crippen LogP contribution in [0.3, 0.4) is 0 Å². The van der Waals surface area contributed by atoms with Crippen molar-refractivity contribution in [1.29, 1.82) is 0 Å². The van der Waals surface area contributed by atoms with Crippen LogP contribution in [0, 0.1) is 0 Å². The first-order valence-electron chi connectivity index (χ1n) is 6.92. The fourth-order valence-electron chi connectivity index (χ4n) is 2.31. The standard InChI is InChI=1S/C15H18FN3S/c1-3-17-9-13(19(2)16)14-8-12-15(20-14)11(6-7-18-12)10-4-5-10/h6-10,17H,3-5H2,1-2H3/b13-9-. The largest absolute Gasteiger partial charge is 0.389 e. The molecule has 0 amide bonds. The highest BCUT2D eigenvalue weighted by molar-refractivity contribution is 7.20. The fraction of sp³-hybridized carbons (Fsp3) is 0.400.